The standard InChI is InChI=1S/C8H8N2.6C4H9.2Sn/c1-7(5-9)4-8(2,3)6-10;6*1-3-4-2;;/h1-4H2;6*1,3-4H2,2H3;;. The topological polar surface area (TPSA) is 47.6 Å². The third-order valence-electron chi connectivity index (χ3n) is 8.74. The van der Waals surface area contributed by atoms with Gasteiger partial charge in [0.1, 0.15) is 0 Å². The Balaban J connectivity index is 6.68. The number of hydrogen-bond acceptors (Lipinski definition) is 2. The van der Waals surface area contributed by atoms with E-state index in [1.165, 1.54) is 113 Å². The van der Waals surface area contributed by atoms with Gasteiger partial charge in [0.2, 0.25) is 0 Å². The molecular formula is C32H62N2Sn2. The van der Waals surface area contributed by atoms with Crippen molar-refractivity contribution in [3.63, 3.8) is 0 Å². The summed E-state index contributed by atoms with van der Waals surface area (Å²) in [7, 11) is 0. The molecule has 208 valence electrons. The van der Waals surface area contributed by atoms with Crippen molar-refractivity contribution in [2.24, 2.45) is 5.41 Å². The Morgan fingerprint density at radius 2 is 0.861 bits per heavy atom. The summed E-state index contributed by atoms with van der Waals surface area (Å²) in [4.78, 5) is 0. The molecule has 0 unspecified atom stereocenters. The number of hydrogen-bond donors (Lipinski definition) is 0. The Labute approximate surface area is 235 Å². The van der Waals surface area contributed by atoms with Crippen LogP contribution in [0.1, 0.15) is 125 Å². The molecule has 0 aromatic carbocycles. The molecule has 0 aliphatic heterocycles. The Hall–Kier alpha value is 0.317. The summed E-state index contributed by atoms with van der Waals surface area (Å²) in [6.45, 7) is 18.2. The van der Waals surface area contributed by atoms with Gasteiger partial charge < -0.3 is 0 Å². The number of unbranched alkanes of at least 4 members (excludes halogenated alkanes) is 6. The first-order valence-corrected chi connectivity index (χ1v) is 31.9. The van der Waals surface area contributed by atoms with Gasteiger partial charge >= 0.3 is 237 Å². The van der Waals surface area contributed by atoms with Crippen LogP contribution in [0.5, 0.6) is 0 Å². The van der Waals surface area contributed by atoms with Crippen LogP contribution in [0.2, 0.25) is 35.5 Å². The molecule has 0 spiro atoms. The van der Waals surface area contributed by atoms with Crippen molar-refractivity contribution in [1.29, 1.82) is 10.5 Å². The normalized spacial score (nSPS) is 12.3. The van der Waals surface area contributed by atoms with Gasteiger partial charge in [-0.3, -0.25) is 0 Å². The van der Waals surface area contributed by atoms with Crippen LogP contribution >= 0.6 is 0 Å². The molecule has 4 heteroatoms. The van der Waals surface area contributed by atoms with Gasteiger partial charge in [0, 0.05) is 0 Å². The van der Waals surface area contributed by atoms with Crippen LogP contribution in [0, 0.1) is 28.1 Å². The monoisotopic (exact) mass is 714 g/mol. The second-order valence-electron chi connectivity index (χ2n) is 12.3. The van der Waals surface area contributed by atoms with E-state index in [0.717, 1.165) is 0 Å². The first-order chi connectivity index (χ1) is 17.3. The van der Waals surface area contributed by atoms with Gasteiger partial charge in [-0.05, 0) is 0 Å². The van der Waals surface area contributed by atoms with Gasteiger partial charge in [-0.25, -0.2) is 0 Å². The predicted molar refractivity (Wildman–Crippen MR) is 167 cm³/mol. The van der Waals surface area contributed by atoms with Crippen LogP contribution < -0.4 is 0 Å². The van der Waals surface area contributed by atoms with Crippen molar-refractivity contribution < 1.29 is 0 Å². The van der Waals surface area contributed by atoms with Gasteiger partial charge in [-0.2, -0.15) is 0 Å². The van der Waals surface area contributed by atoms with Gasteiger partial charge in [-0.15, -0.1) is 0 Å². The predicted octanol–water partition coefficient (Wildman–Crippen LogP) is 11.7. The van der Waals surface area contributed by atoms with Gasteiger partial charge in [0.15, 0.2) is 0 Å². The second-order valence-corrected chi connectivity index (χ2v) is 40.0. The minimum absolute atomic E-state index is 0.302. The molecule has 0 saturated heterocycles. The molecule has 0 amide bonds. The van der Waals surface area contributed by atoms with Crippen molar-refractivity contribution in [3.8, 4) is 12.1 Å². The molecule has 0 heterocycles. The van der Waals surface area contributed by atoms with Crippen LogP contribution in [0.3, 0.4) is 0 Å². The zero-order chi connectivity index (χ0) is 27.3. The first kappa shape index (κ1) is 36.3. The van der Waals surface area contributed by atoms with Crippen molar-refractivity contribution in [3.05, 3.63) is 12.2 Å². The quantitative estimate of drug-likeness (QED) is 0.0739. The number of allylic oxidation sites excluding steroid dienone is 1. The molecule has 0 aliphatic carbocycles. The summed E-state index contributed by atoms with van der Waals surface area (Å²) in [5.74, 6) is 0. The third-order valence-corrected chi connectivity index (χ3v) is 41.1. The van der Waals surface area contributed by atoms with E-state index in [4.69, 9.17) is 0 Å². The summed E-state index contributed by atoms with van der Waals surface area (Å²) in [5, 5.41) is 20.9. The van der Waals surface area contributed by atoms with Crippen molar-refractivity contribution >= 4 is 36.8 Å². The molecule has 0 atom stereocenters. The maximum absolute atomic E-state index is 11.1. The average molecular weight is 712 g/mol. The Bertz CT molecular complexity index is 580. The Morgan fingerprint density at radius 3 is 1.06 bits per heavy atom. The zero-order valence-electron chi connectivity index (χ0n) is 25.5. The SMILES string of the molecule is C=C(C#N)CC(C#N)([CH2][Sn]([CH2]CCC)([CH2]CCC)[CH2]CCC)[CH2][Sn]([CH2]CCC)([CH2]CCC)[CH2]CCC. The fraction of sp³-hybridized carbons (Fsp3) is 0.875. The van der Waals surface area contributed by atoms with Crippen LogP contribution in [-0.2, 0) is 0 Å². The summed E-state index contributed by atoms with van der Waals surface area (Å²) in [5.41, 5.74) is 0.364. The van der Waals surface area contributed by atoms with Crippen molar-refractivity contribution in [1.82, 2.24) is 0 Å². The Kier molecular flexibility index (Phi) is 21.4. The van der Waals surface area contributed by atoms with Crippen LogP contribution in [0.4, 0.5) is 0 Å². The first-order valence-electron chi connectivity index (χ1n) is 15.8. The van der Waals surface area contributed by atoms with Crippen LogP contribution in [-0.4, -0.2) is 36.8 Å². The van der Waals surface area contributed by atoms with Gasteiger partial charge in [-0.1, -0.05) is 0 Å². The van der Waals surface area contributed by atoms with E-state index >= 15 is 0 Å². The zero-order valence-corrected chi connectivity index (χ0v) is 31.2. The molecule has 0 radical (unpaired) electrons. The summed E-state index contributed by atoms with van der Waals surface area (Å²) in [6, 6.07) is 5.43. The van der Waals surface area contributed by atoms with E-state index in [2.05, 4.69) is 60.3 Å². The summed E-state index contributed by atoms with van der Waals surface area (Å²) in [6.07, 6.45) is 16.4. The minimum atomic E-state index is -2.58. The molecule has 36 heavy (non-hydrogen) atoms. The number of rotatable bonds is 24. The number of nitriles is 2. The van der Waals surface area contributed by atoms with E-state index in [1.807, 2.05) is 0 Å². The molecule has 0 aliphatic rings. The van der Waals surface area contributed by atoms with Crippen LogP contribution in [0.25, 0.3) is 0 Å². The fourth-order valence-electron chi connectivity index (χ4n) is 6.78. The molecule has 2 nitrogen and oxygen atoms in total. The summed E-state index contributed by atoms with van der Waals surface area (Å²) >= 11 is -5.17. The molecule has 0 N–H and O–H groups in total. The van der Waals surface area contributed by atoms with Gasteiger partial charge in [0.25, 0.3) is 0 Å². The summed E-state index contributed by atoms with van der Waals surface area (Å²) < 4.78 is 11.1. The van der Waals surface area contributed by atoms with Crippen molar-refractivity contribution in [2.75, 3.05) is 0 Å². The average Bonchev–Trinajstić information content (AvgIpc) is 2.89. The molecule has 0 bridgehead atoms. The van der Waals surface area contributed by atoms with E-state index in [0.29, 0.717) is 12.0 Å². The van der Waals surface area contributed by atoms with Crippen molar-refractivity contribution in [2.45, 2.75) is 161 Å². The molecule has 0 aromatic rings. The molecule has 0 aromatic heterocycles. The van der Waals surface area contributed by atoms with E-state index in [1.54, 1.807) is 0 Å². The van der Waals surface area contributed by atoms with E-state index in [-0.39, 0.29) is 5.41 Å². The molecule has 0 saturated carbocycles. The Morgan fingerprint density at radius 1 is 0.583 bits per heavy atom. The van der Waals surface area contributed by atoms with Gasteiger partial charge in [0.05, 0.1) is 0 Å². The third kappa shape index (κ3) is 13.9. The van der Waals surface area contributed by atoms with Crippen LogP contribution in [0.15, 0.2) is 12.2 Å². The molecule has 0 fully saturated rings. The second kappa shape index (κ2) is 21.2. The van der Waals surface area contributed by atoms with E-state index < -0.39 is 36.8 Å². The fourth-order valence-corrected chi connectivity index (χ4v) is 45.1. The molecule has 0 rings (SSSR count). The molecular weight excluding hydrogens is 650 g/mol. The van der Waals surface area contributed by atoms with E-state index in [9.17, 15) is 10.5 Å². The maximum atomic E-state index is 11.1. The number of nitrogens with zero attached hydrogens (tertiary/aromatic N) is 2.